The van der Waals surface area contributed by atoms with Gasteiger partial charge in [-0.3, -0.25) is 0 Å². The van der Waals surface area contributed by atoms with E-state index < -0.39 is 0 Å². The normalized spacial score (nSPS) is 10.3. The third-order valence-corrected chi connectivity index (χ3v) is 2.52. The highest BCUT2D eigenvalue weighted by molar-refractivity contribution is 5.37. The molecule has 0 amide bonds. The van der Waals surface area contributed by atoms with Crippen molar-refractivity contribution in [1.82, 2.24) is 9.97 Å². The summed E-state index contributed by atoms with van der Waals surface area (Å²) in [7, 11) is 1.88. The molecule has 0 aliphatic carbocycles. The van der Waals surface area contributed by atoms with E-state index in [1.165, 1.54) is 6.07 Å². The summed E-state index contributed by atoms with van der Waals surface area (Å²) in [5.74, 6) is 1.31. The summed E-state index contributed by atoms with van der Waals surface area (Å²) in [4.78, 5) is 10.2. The van der Waals surface area contributed by atoms with Crippen molar-refractivity contribution in [1.29, 1.82) is 0 Å². The van der Waals surface area contributed by atoms with Gasteiger partial charge in [0.15, 0.2) is 0 Å². The Kier molecular flexibility index (Phi) is 3.32. The van der Waals surface area contributed by atoms with Crippen LogP contribution in [0.2, 0.25) is 0 Å². The number of aryl methyl sites for hydroxylation is 1. The van der Waals surface area contributed by atoms with Crippen molar-refractivity contribution in [2.45, 2.75) is 13.5 Å². The second-order valence-corrected chi connectivity index (χ2v) is 3.91. The van der Waals surface area contributed by atoms with Crippen molar-refractivity contribution in [2.75, 3.05) is 11.9 Å². The van der Waals surface area contributed by atoms with E-state index in [1.54, 1.807) is 18.3 Å². The Bertz CT molecular complexity index is 514. The molecule has 3 nitrogen and oxygen atoms in total. The Labute approximate surface area is 99.9 Å². The molecule has 2 aromatic rings. The molecule has 2 rings (SSSR count). The van der Waals surface area contributed by atoms with Gasteiger partial charge in [-0.15, -0.1) is 0 Å². The number of aromatic nitrogens is 2. The van der Waals surface area contributed by atoms with Crippen molar-refractivity contribution in [2.24, 2.45) is 0 Å². The van der Waals surface area contributed by atoms with Crippen LogP contribution in [0.25, 0.3) is 0 Å². The van der Waals surface area contributed by atoms with Gasteiger partial charge in [0.05, 0.1) is 0 Å². The second kappa shape index (κ2) is 4.91. The van der Waals surface area contributed by atoms with Gasteiger partial charge in [0.25, 0.3) is 0 Å². The Hall–Kier alpha value is -1.97. The van der Waals surface area contributed by atoms with Crippen LogP contribution in [0, 0.1) is 12.7 Å². The quantitative estimate of drug-likeness (QED) is 0.813. The smallest absolute Gasteiger partial charge is 0.132 e. The predicted molar refractivity (Wildman–Crippen MR) is 65.3 cm³/mol. The summed E-state index contributed by atoms with van der Waals surface area (Å²) >= 11 is 0. The highest BCUT2D eigenvalue weighted by Gasteiger charge is 2.07. The molecule has 1 aromatic heterocycles. The molecule has 0 unspecified atom stereocenters. The molecule has 4 heteroatoms. The molecule has 0 bridgehead atoms. The topological polar surface area (TPSA) is 29.0 Å². The van der Waals surface area contributed by atoms with E-state index in [4.69, 9.17) is 0 Å². The maximum atomic E-state index is 13.5. The van der Waals surface area contributed by atoms with Gasteiger partial charge >= 0.3 is 0 Å². The predicted octanol–water partition coefficient (Wildman–Crippen LogP) is 2.56. The minimum atomic E-state index is -0.190. The number of hydrogen-bond acceptors (Lipinski definition) is 3. The molecule has 0 saturated carbocycles. The highest BCUT2D eigenvalue weighted by Crippen LogP contribution is 2.14. The van der Waals surface area contributed by atoms with E-state index in [0.29, 0.717) is 17.9 Å². The zero-order chi connectivity index (χ0) is 12.3. The molecular formula is C13H14FN3. The van der Waals surface area contributed by atoms with Crippen molar-refractivity contribution in [3.63, 3.8) is 0 Å². The van der Waals surface area contributed by atoms with E-state index in [1.807, 2.05) is 31.0 Å². The largest absolute Gasteiger partial charge is 0.355 e. The van der Waals surface area contributed by atoms with Gasteiger partial charge in [0, 0.05) is 25.4 Å². The molecule has 1 heterocycles. The highest BCUT2D eigenvalue weighted by atomic mass is 19.1. The third kappa shape index (κ3) is 2.78. The number of rotatable bonds is 3. The summed E-state index contributed by atoms with van der Waals surface area (Å²) in [5.41, 5.74) is 0.659. The van der Waals surface area contributed by atoms with Crippen LogP contribution in [0.3, 0.4) is 0 Å². The van der Waals surface area contributed by atoms with E-state index in [0.717, 1.165) is 5.82 Å². The molecule has 0 aliphatic heterocycles. The first-order chi connectivity index (χ1) is 8.16. The molecule has 88 valence electrons. The third-order valence-electron chi connectivity index (χ3n) is 2.52. The first kappa shape index (κ1) is 11.5. The van der Waals surface area contributed by atoms with Gasteiger partial charge in [-0.2, -0.15) is 0 Å². The molecular weight excluding hydrogens is 217 g/mol. The number of anilines is 1. The van der Waals surface area contributed by atoms with Crippen LogP contribution in [-0.4, -0.2) is 17.0 Å². The molecule has 0 saturated heterocycles. The Morgan fingerprint density at radius 3 is 2.71 bits per heavy atom. The molecule has 0 aliphatic rings. The lowest BCUT2D eigenvalue weighted by Gasteiger charge is -2.18. The van der Waals surface area contributed by atoms with Crippen LogP contribution in [0.15, 0.2) is 36.5 Å². The Morgan fingerprint density at radius 2 is 2.00 bits per heavy atom. The molecule has 0 radical (unpaired) electrons. The number of halogens is 1. The van der Waals surface area contributed by atoms with Gasteiger partial charge in [0.2, 0.25) is 0 Å². The summed E-state index contributed by atoms with van der Waals surface area (Å²) < 4.78 is 13.5. The summed E-state index contributed by atoms with van der Waals surface area (Å²) in [6.45, 7) is 2.32. The van der Waals surface area contributed by atoms with Crippen molar-refractivity contribution in [3.05, 3.63) is 53.7 Å². The maximum absolute atomic E-state index is 13.5. The minimum Gasteiger partial charge on any atom is -0.355 e. The zero-order valence-electron chi connectivity index (χ0n) is 9.89. The number of benzene rings is 1. The summed E-state index contributed by atoms with van der Waals surface area (Å²) in [6.07, 6.45) is 1.70. The Balaban J connectivity index is 2.17. The van der Waals surface area contributed by atoms with Crippen molar-refractivity contribution >= 4 is 5.82 Å². The lowest BCUT2D eigenvalue weighted by molar-refractivity contribution is 0.607. The number of nitrogens with zero attached hydrogens (tertiary/aromatic N) is 3. The first-order valence-electron chi connectivity index (χ1n) is 5.41. The van der Waals surface area contributed by atoms with Crippen LogP contribution in [0.4, 0.5) is 10.2 Å². The molecule has 0 fully saturated rings. The molecule has 0 N–H and O–H groups in total. The van der Waals surface area contributed by atoms with E-state index in [-0.39, 0.29) is 5.82 Å². The molecule has 0 spiro atoms. The van der Waals surface area contributed by atoms with Crippen LogP contribution < -0.4 is 4.90 Å². The summed E-state index contributed by atoms with van der Waals surface area (Å²) in [5, 5.41) is 0. The average molecular weight is 231 g/mol. The monoisotopic (exact) mass is 231 g/mol. The van der Waals surface area contributed by atoms with Gasteiger partial charge in [-0.25, -0.2) is 14.4 Å². The van der Waals surface area contributed by atoms with Crippen molar-refractivity contribution < 1.29 is 4.39 Å². The maximum Gasteiger partial charge on any atom is 0.132 e. The van der Waals surface area contributed by atoms with Crippen molar-refractivity contribution in [3.8, 4) is 0 Å². The lowest BCUT2D eigenvalue weighted by Crippen LogP contribution is -2.18. The van der Waals surface area contributed by atoms with Gasteiger partial charge in [-0.1, -0.05) is 18.2 Å². The zero-order valence-corrected chi connectivity index (χ0v) is 9.89. The van der Waals surface area contributed by atoms with E-state index in [2.05, 4.69) is 9.97 Å². The Morgan fingerprint density at radius 1 is 1.24 bits per heavy atom. The van der Waals surface area contributed by atoms with E-state index >= 15 is 0 Å². The van der Waals surface area contributed by atoms with Crippen LogP contribution in [0.1, 0.15) is 11.4 Å². The molecule has 0 atom stereocenters. The molecule has 1 aromatic carbocycles. The van der Waals surface area contributed by atoms with Gasteiger partial charge < -0.3 is 4.90 Å². The molecule has 17 heavy (non-hydrogen) atoms. The average Bonchev–Trinajstić information content (AvgIpc) is 2.32. The van der Waals surface area contributed by atoms with Crippen LogP contribution >= 0.6 is 0 Å². The van der Waals surface area contributed by atoms with Gasteiger partial charge in [0.1, 0.15) is 17.5 Å². The minimum absolute atomic E-state index is 0.190. The standard InChI is InChI=1S/C13H14FN3/c1-10-15-8-7-13(16-10)17(2)9-11-5-3-4-6-12(11)14/h3-8H,9H2,1-2H3. The summed E-state index contributed by atoms with van der Waals surface area (Å²) in [6, 6.07) is 8.58. The van der Waals surface area contributed by atoms with Crippen LogP contribution in [-0.2, 0) is 6.54 Å². The van der Waals surface area contributed by atoms with Crippen LogP contribution in [0.5, 0.6) is 0 Å². The lowest BCUT2D eigenvalue weighted by atomic mass is 10.2. The second-order valence-electron chi connectivity index (χ2n) is 3.91. The first-order valence-corrected chi connectivity index (χ1v) is 5.41. The SMILES string of the molecule is Cc1nccc(N(C)Cc2ccccc2F)n1. The fourth-order valence-electron chi connectivity index (χ4n) is 1.62. The fourth-order valence-corrected chi connectivity index (χ4v) is 1.62. The van der Waals surface area contributed by atoms with E-state index in [9.17, 15) is 4.39 Å². The fraction of sp³-hybridized carbons (Fsp3) is 0.231. The van der Waals surface area contributed by atoms with Gasteiger partial charge in [-0.05, 0) is 19.1 Å². The number of hydrogen-bond donors (Lipinski definition) is 0.